The predicted molar refractivity (Wildman–Crippen MR) is 103 cm³/mol. The zero-order valence-electron chi connectivity index (χ0n) is 16.4. The van der Waals surface area contributed by atoms with Crippen LogP contribution in [-0.4, -0.2) is 44.0 Å². The molecule has 2 aromatic rings. The third-order valence-electron chi connectivity index (χ3n) is 4.20. The fourth-order valence-corrected chi connectivity index (χ4v) is 4.58. The lowest BCUT2D eigenvalue weighted by atomic mass is 9.98. The first-order valence-corrected chi connectivity index (χ1v) is 10.1. The summed E-state index contributed by atoms with van der Waals surface area (Å²) in [4.78, 5) is 13.5. The van der Waals surface area contributed by atoms with Crippen LogP contribution in [0.3, 0.4) is 0 Å². The van der Waals surface area contributed by atoms with Crippen molar-refractivity contribution in [3.63, 3.8) is 0 Å². The molecule has 0 bridgehead atoms. The normalized spacial score (nSPS) is 11.3. The van der Waals surface area contributed by atoms with Gasteiger partial charge < -0.3 is 9.47 Å². The molecule has 0 atom stereocenters. The minimum Gasteiger partial charge on any atom is -0.496 e. The lowest BCUT2D eigenvalue weighted by Crippen LogP contribution is -2.12. The molecule has 0 unspecified atom stereocenters. The molecular formula is C19H24N2O5S. The monoisotopic (exact) mass is 392 g/mol. The number of ether oxygens (including phenoxy) is 2. The molecule has 27 heavy (non-hydrogen) atoms. The van der Waals surface area contributed by atoms with Crippen molar-refractivity contribution in [3.05, 3.63) is 46.7 Å². The van der Waals surface area contributed by atoms with Crippen molar-refractivity contribution in [2.75, 3.05) is 20.0 Å². The van der Waals surface area contributed by atoms with Crippen LogP contribution in [-0.2, 0) is 16.9 Å². The molecule has 1 aromatic carbocycles. The minimum absolute atomic E-state index is 0.168. The number of aryl methyl sites for hydroxylation is 3. The van der Waals surface area contributed by atoms with Crippen molar-refractivity contribution >= 4 is 15.6 Å². The molecule has 0 saturated carbocycles. The van der Waals surface area contributed by atoms with Crippen LogP contribution in [0.2, 0.25) is 0 Å². The lowest BCUT2D eigenvalue weighted by molar-refractivity contribution is 0.103. The second kappa shape index (κ2) is 7.56. The van der Waals surface area contributed by atoms with E-state index in [9.17, 15) is 13.2 Å². The summed E-state index contributed by atoms with van der Waals surface area (Å²) < 4.78 is 36.8. The third-order valence-corrected chi connectivity index (χ3v) is 5.57. The first-order valence-electron chi connectivity index (χ1n) is 8.24. The smallest absolute Gasteiger partial charge is 0.223 e. The maximum Gasteiger partial charge on any atom is 0.223 e. The van der Waals surface area contributed by atoms with Crippen LogP contribution >= 0.6 is 0 Å². The van der Waals surface area contributed by atoms with Gasteiger partial charge in [-0.05, 0) is 32.4 Å². The number of methoxy groups -OCH3 is 1. The number of sulfone groups is 1. The van der Waals surface area contributed by atoms with Crippen molar-refractivity contribution < 1.29 is 22.7 Å². The van der Waals surface area contributed by atoms with Crippen molar-refractivity contribution in [1.82, 2.24) is 9.78 Å². The number of carbonyl (C=O) groups excluding carboxylic acids is 1. The molecule has 0 radical (unpaired) electrons. The number of rotatable bonds is 7. The maximum absolute atomic E-state index is 13.3. The van der Waals surface area contributed by atoms with Gasteiger partial charge in [-0.3, -0.25) is 4.79 Å². The van der Waals surface area contributed by atoms with Gasteiger partial charge in [-0.15, -0.1) is 0 Å². The van der Waals surface area contributed by atoms with Crippen molar-refractivity contribution in [2.24, 2.45) is 7.05 Å². The largest absolute Gasteiger partial charge is 0.496 e. The first-order chi connectivity index (χ1) is 12.5. The Labute approximate surface area is 159 Å². The predicted octanol–water partition coefficient (Wildman–Crippen LogP) is 2.55. The summed E-state index contributed by atoms with van der Waals surface area (Å²) in [6.07, 6.45) is 2.71. The van der Waals surface area contributed by atoms with Crippen LogP contribution < -0.4 is 9.47 Å². The van der Waals surface area contributed by atoms with Gasteiger partial charge in [-0.2, -0.15) is 5.10 Å². The van der Waals surface area contributed by atoms with E-state index in [4.69, 9.17) is 9.47 Å². The molecule has 1 aromatic heterocycles. The van der Waals surface area contributed by atoms with Gasteiger partial charge in [0.05, 0.1) is 23.3 Å². The van der Waals surface area contributed by atoms with Crippen LogP contribution in [0, 0.1) is 20.8 Å². The number of ketones is 1. The molecular weight excluding hydrogens is 368 g/mol. The summed E-state index contributed by atoms with van der Waals surface area (Å²) in [7, 11) is -0.380. The van der Waals surface area contributed by atoms with E-state index in [-0.39, 0.29) is 28.6 Å². The molecule has 0 amide bonds. The van der Waals surface area contributed by atoms with Gasteiger partial charge >= 0.3 is 0 Å². The average molecular weight is 392 g/mol. The highest BCUT2D eigenvalue weighted by molar-refractivity contribution is 7.90. The fourth-order valence-electron chi connectivity index (χ4n) is 3.29. The van der Waals surface area contributed by atoms with E-state index >= 15 is 0 Å². The van der Waals surface area contributed by atoms with Gasteiger partial charge in [0.1, 0.15) is 17.9 Å². The van der Waals surface area contributed by atoms with Crippen molar-refractivity contribution in [2.45, 2.75) is 25.7 Å². The number of nitrogens with zero attached hydrogens (tertiary/aromatic N) is 2. The van der Waals surface area contributed by atoms with Crippen LogP contribution in [0.15, 0.2) is 23.6 Å². The average Bonchev–Trinajstić information content (AvgIpc) is 2.83. The highest BCUT2D eigenvalue weighted by Gasteiger charge is 2.29. The molecule has 0 aliphatic carbocycles. The lowest BCUT2D eigenvalue weighted by Gasteiger charge is -2.16. The van der Waals surface area contributed by atoms with Gasteiger partial charge in [0.15, 0.2) is 9.84 Å². The molecule has 0 spiro atoms. The van der Waals surface area contributed by atoms with E-state index in [0.29, 0.717) is 28.3 Å². The summed E-state index contributed by atoms with van der Waals surface area (Å²) in [6.45, 7) is 8.84. The Morgan fingerprint density at radius 3 is 2.48 bits per heavy atom. The summed E-state index contributed by atoms with van der Waals surface area (Å²) in [5.74, 6) is 0.202. The first kappa shape index (κ1) is 20.7. The third kappa shape index (κ3) is 3.75. The topological polar surface area (TPSA) is 87.5 Å². The minimum atomic E-state index is -3.47. The Hall–Kier alpha value is -2.61. The van der Waals surface area contributed by atoms with E-state index in [1.165, 1.54) is 17.9 Å². The molecule has 0 aliphatic rings. The Balaban J connectivity index is 2.73. The molecule has 146 valence electrons. The molecule has 2 rings (SSSR count). The zero-order chi connectivity index (χ0) is 20.5. The Morgan fingerprint density at radius 2 is 1.96 bits per heavy atom. The number of aromatic nitrogens is 2. The molecule has 8 heteroatoms. The summed E-state index contributed by atoms with van der Waals surface area (Å²) in [5, 5.41) is 4.27. The van der Waals surface area contributed by atoms with Gasteiger partial charge in [0, 0.05) is 18.9 Å². The number of benzene rings is 1. The Bertz CT molecular complexity index is 1020. The van der Waals surface area contributed by atoms with Crippen LogP contribution in [0.25, 0.3) is 0 Å². The zero-order valence-corrected chi connectivity index (χ0v) is 17.2. The van der Waals surface area contributed by atoms with E-state index in [1.807, 2.05) is 0 Å². The van der Waals surface area contributed by atoms with Crippen molar-refractivity contribution in [3.8, 4) is 11.6 Å². The van der Waals surface area contributed by atoms with E-state index in [1.54, 1.807) is 33.9 Å². The molecule has 0 aliphatic heterocycles. The summed E-state index contributed by atoms with van der Waals surface area (Å²) >= 11 is 0. The number of carbonyl (C=O) groups is 1. The summed E-state index contributed by atoms with van der Waals surface area (Å²) in [6, 6.07) is 1.54. The maximum atomic E-state index is 13.3. The van der Waals surface area contributed by atoms with Crippen LogP contribution in [0.1, 0.15) is 32.7 Å². The van der Waals surface area contributed by atoms with Gasteiger partial charge in [-0.25, -0.2) is 13.1 Å². The van der Waals surface area contributed by atoms with Crippen molar-refractivity contribution in [1.29, 1.82) is 0 Å². The standard InChI is InChI=1S/C19H24N2O5S/c1-8-9-26-19-15(13(4)20-21(19)5)16(22)14-10-11(2)18(27(7,23)24)12(3)17(14)25-6/h8,10H,1,9H2,2-7H3. The van der Waals surface area contributed by atoms with Gasteiger partial charge in [0.2, 0.25) is 11.7 Å². The molecule has 1 heterocycles. The Morgan fingerprint density at radius 1 is 1.33 bits per heavy atom. The molecule has 7 nitrogen and oxygen atoms in total. The van der Waals surface area contributed by atoms with E-state index < -0.39 is 9.84 Å². The van der Waals surface area contributed by atoms with Crippen LogP contribution in [0.4, 0.5) is 0 Å². The number of hydrogen-bond donors (Lipinski definition) is 0. The molecule has 0 N–H and O–H groups in total. The van der Waals surface area contributed by atoms with Gasteiger partial charge in [-0.1, -0.05) is 12.7 Å². The molecule has 0 saturated heterocycles. The number of hydrogen-bond acceptors (Lipinski definition) is 6. The quantitative estimate of drug-likeness (QED) is 0.532. The SMILES string of the molecule is C=CCOc1c(C(=O)c2cc(C)c(S(C)(=O)=O)c(C)c2OC)c(C)nn1C. The summed E-state index contributed by atoms with van der Waals surface area (Å²) in [5.41, 5.74) is 1.96. The van der Waals surface area contributed by atoms with Crippen LogP contribution in [0.5, 0.6) is 11.6 Å². The Kier molecular flexibility index (Phi) is 5.79. The van der Waals surface area contributed by atoms with E-state index in [2.05, 4.69) is 11.7 Å². The highest BCUT2D eigenvalue weighted by atomic mass is 32.2. The second-order valence-corrected chi connectivity index (χ2v) is 8.27. The molecule has 0 fully saturated rings. The van der Waals surface area contributed by atoms with Gasteiger partial charge in [0.25, 0.3) is 0 Å². The second-order valence-electron chi connectivity index (χ2n) is 6.32. The highest BCUT2D eigenvalue weighted by Crippen LogP contribution is 2.35. The fraction of sp³-hybridized carbons (Fsp3) is 0.368. The van der Waals surface area contributed by atoms with E-state index in [0.717, 1.165) is 6.26 Å².